The Bertz CT molecular complexity index is 565. The molecule has 0 aliphatic carbocycles. The van der Waals surface area contributed by atoms with E-state index in [1.165, 1.54) is 5.56 Å². The van der Waals surface area contributed by atoms with Gasteiger partial charge in [0, 0.05) is 33.2 Å². The van der Waals surface area contributed by atoms with Crippen molar-refractivity contribution < 1.29 is 14.3 Å². The molecule has 1 aromatic rings. The van der Waals surface area contributed by atoms with Crippen molar-refractivity contribution in [2.24, 2.45) is 0 Å². The Labute approximate surface area is 151 Å². The molecule has 1 unspecified atom stereocenters. The van der Waals surface area contributed by atoms with Crippen molar-refractivity contribution in [3.05, 3.63) is 29.3 Å². The van der Waals surface area contributed by atoms with Crippen molar-refractivity contribution in [1.82, 2.24) is 15.1 Å². The van der Waals surface area contributed by atoms with Crippen LogP contribution in [0, 0.1) is 13.8 Å². The van der Waals surface area contributed by atoms with Gasteiger partial charge in [0.1, 0.15) is 5.75 Å². The Morgan fingerprint density at radius 3 is 2.96 bits per heavy atom. The first-order valence-corrected chi connectivity index (χ1v) is 8.95. The van der Waals surface area contributed by atoms with Crippen molar-refractivity contribution in [3.8, 4) is 5.75 Å². The highest BCUT2D eigenvalue weighted by atomic mass is 16.5. The van der Waals surface area contributed by atoms with Gasteiger partial charge in [-0.25, -0.2) is 4.79 Å². The maximum atomic E-state index is 12.1. The Balaban J connectivity index is 1.62. The maximum Gasteiger partial charge on any atom is 0.317 e. The number of likely N-dealkylation sites (N-methyl/N-ethyl adjacent to an activating group) is 1. The van der Waals surface area contributed by atoms with E-state index in [2.05, 4.69) is 30.3 Å². The fraction of sp³-hybridized carbons (Fsp3) is 0.632. The van der Waals surface area contributed by atoms with Gasteiger partial charge in [0.25, 0.3) is 0 Å². The fourth-order valence-corrected chi connectivity index (χ4v) is 2.87. The summed E-state index contributed by atoms with van der Waals surface area (Å²) in [5.74, 6) is 0.913. The van der Waals surface area contributed by atoms with E-state index in [0.29, 0.717) is 19.7 Å². The third kappa shape index (κ3) is 6.55. The van der Waals surface area contributed by atoms with Gasteiger partial charge in [0.2, 0.25) is 0 Å². The lowest BCUT2D eigenvalue weighted by atomic mass is 10.1. The zero-order chi connectivity index (χ0) is 18.2. The summed E-state index contributed by atoms with van der Waals surface area (Å²) in [7, 11) is 3.87. The van der Waals surface area contributed by atoms with E-state index in [1.807, 2.05) is 19.1 Å². The summed E-state index contributed by atoms with van der Waals surface area (Å²) in [5, 5.41) is 2.94. The summed E-state index contributed by atoms with van der Waals surface area (Å²) in [4.78, 5) is 16.0. The summed E-state index contributed by atoms with van der Waals surface area (Å²) in [6.45, 7) is 8.45. The molecule has 2 amide bonds. The summed E-state index contributed by atoms with van der Waals surface area (Å²) >= 11 is 0. The molecule has 1 fully saturated rings. The van der Waals surface area contributed by atoms with Crippen LogP contribution in [0.1, 0.15) is 17.5 Å². The lowest BCUT2D eigenvalue weighted by molar-refractivity contribution is -0.0171. The zero-order valence-electron chi connectivity index (χ0n) is 15.9. The average molecular weight is 349 g/mol. The summed E-state index contributed by atoms with van der Waals surface area (Å²) in [6, 6.07) is 6.09. The lowest BCUT2D eigenvalue weighted by Gasteiger charge is -2.30. The van der Waals surface area contributed by atoms with Crippen LogP contribution >= 0.6 is 0 Å². The van der Waals surface area contributed by atoms with Crippen LogP contribution in [0.5, 0.6) is 5.75 Å². The molecule has 140 valence electrons. The molecule has 0 aromatic heterocycles. The minimum atomic E-state index is -0.0663. The highest BCUT2D eigenvalue weighted by Crippen LogP contribution is 2.18. The van der Waals surface area contributed by atoms with Gasteiger partial charge in [-0.1, -0.05) is 17.7 Å². The van der Waals surface area contributed by atoms with E-state index >= 15 is 0 Å². The Kier molecular flexibility index (Phi) is 7.52. The lowest BCUT2D eigenvalue weighted by Crippen LogP contribution is -2.48. The van der Waals surface area contributed by atoms with Crippen molar-refractivity contribution in [2.75, 3.05) is 53.5 Å². The van der Waals surface area contributed by atoms with Gasteiger partial charge in [-0.2, -0.15) is 0 Å². The molecule has 0 saturated carbocycles. The van der Waals surface area contributed by atoms with E-state index in [-0.39, 0.29) is 12.1 Å². The Morgan fingerprint density at radius 1 is 1.44 bits per heavy atom. The molecule has 1 aliphatic heterocycles. The van der Waals surface area contributed by atoms with Crippen molar-refractivity contribution >= 4 is 6.03 Å². The van der Waals surface area contributed by atoms with E-state index < -0.39 is 0 Å². The number of morpholine rings is 1. The Morgan fingerprint density at radius 2 is 2.24 bits per heavy atom. The summed E-state index contributed by atoms with van der Waals surface area (Å²) in [6.07, 6.45) is 0.865. The zero-order valence-corrected chi connectivity index (χ0v) is 15.9. The number of carbonyl (C=O) groups excluding carboxylic acids is 1. The van der Waals surface area contributed by atoms with E-state index in [1.54, 1.807) is 11.9 Å². The van der Waals surface area contributed by atoms with E-state index in [9.17, 15) is 4.79 Å². The molecule has 25 heavy (non-hydrogen) atoms. The van der Waals surface area contributed by atoms with Crippen LogP contribution in [0.25, 0.3) is 0 Å². The molecule has 1 saturated heterocycles. The Hall–Kier alpha value is -1.79. The summed E-state index contributed by atoms with van der Waals surface area (Å²) < 4.78 is 11.5. The van der Waals surface area contributed by atoms with Crippen LogP contribution in [0.15, 0.2) is 18.2 Å². The number of urea groups is 1. The number of hydrogen-bond acceptors (Lipinski definition) is 4. The SMILES string of the molecule is Cc1ccc(OCCCN(C)C(=O)NCC2CN(C)CCO2)c(C)c1. The molecule has 1 aliphatic rings. The molecule has 1 N–H and O–H groups in total. The maximum absolute atomic E-state index is 12.1. The third-order valence-corrected chi connectivity index (χ3v) is 4.40. The van der Waals surface area contributed by atoms with Gasteiger partial charge >= 0.3 is 6.03 Å². The van der Waals surface area contributed by atoms with Gasteiger partial charge in [-0.05, 0) is 38.9 Å². The molecule has 0 spiro atoms. The molecule has 6 nitrogen and oxygen atoms in total. The minimum Gasteiger partial charge on any atom is -0.493 e. The monoisotopic (exact) mass is 349 g/mol. The second kappa shape index (κ2) is 9.63. The number of hydrogen-bond donors (Lipinski definition) is 1. The molecule has 2 rings (SSSR count). The number of benzene rings is 1. The second-order valence-corrected chi connectivity index (χ2v) is 6.83. The van der Waals surface area contributed by atoms with Crippen LogP contribution in [0.4, 0.5) is 4.79 Å². The number of amides is 2. The molecule has 1 aromatic carbocycles. The van der Waals surface area contributed by atoms with Crippen LogP contribution in [-0.4, -0.2) is 75.4 Å². The quantitative estimate of drug-likeness (QED) is 0.766. The fourth-order valence-electron chi connectivity index (χ4n) is 2.87. The first-order valence-electron chi connectivity index (χ1n) is 8.95. The molecular formula is C19H31N3O3. The topological polar surface area (TPSA) is 54.0 Å². The predicted octanol–water partition coefficient (Wildman–Crippen LogP) is 2.04. The molecule has 1 heterocycles. The normalized spacial score (nSPS) is 18.0. The van der Waals surface area contributed by atoms with Gasteiger partial charge in [0.15, 0.2) is 0 Å². The molecule has 6 heteroatoms. The molecule has 1 atom stereocenters. The van der Waals surface area contributed by atoms with Crippen molar-refractivity contribution in [1.29, 1.82) is 0 Å². The average Bonchev–Trinajstić information content (AvgIpc) is 2.58. The van der Waals surface area contributed by atoms with Crippen molar-refractivity contribution in [2.45, 2.75) is 26.4 Å². The van der Waals surface area contributed by atoms with Crippen LogP contribution in [-0.2, 0) is 4.74 Å². The largest absolute Gasteiger partial charge is 0.493 e. The van der Waals surface area contributed by atoms with Crippen LogP contribution in [0.3, 0.4) is 0 Å². The highest BCUT2D eigenvalue weighted by Gasteiger charge is 2.19. The van der Waals surface area contributed by atoms with Gasteiger partial charge < -0.3 is 24.6 Å². The van der Waals surface area contributed by atoms with E-state index in [4.69, 9.17) is 9.47 Å². The molecule has 0 bridgehead atoms. The number of nitrogens with one attached hydrogen (secondary N) is 1. The van der Waals surface area contributed by atoms with Gasteiger partial charge in [0.05, 0.1) is 19.3 Å². The predicted molar refractivity (Wildman–Crippen MR) is 99.3 cm³/mol. The molecular weight excluding hydrogens is 318 g/mol. The van der Waals surface area contributed by atoms with Crippen molar-refractivity contribution in [3.63, 3.8) is 0 Å². The minimum absolute atomic E-state index is 0.0663. The smallest absolute Gasteiger partial charge is 0.317 e. The number of nitrogens with zero attached hydrogens (tertiary/aromatic N) is 2. The third-order valence-electron chi connectivity index (χ3n) is 4.40. The van der Waals surface area contributed by atoms with Gasteiger partial charge in [-0.15, -0.1) is 0 Å². The second-order valence-electron chi connectivity index (χ2n) is 6.83. The molecule has 0 radical (unpaired) electrons. The number of aryl methyl sites for hydroxylation is 2. The first kappa shape index (κ1) is 19.5. The van der Waals surface area contributed by atoms with E-state index in [0.717, 1.165) is 37.4 Å². The number of ether oxygens (including phenoxy) is 2. The van der Waals surface area contributed by atoms with Crippen LogP contribution in [0.2, 0.25) is 0 Å². The number of rotatable bonds is 7. The summed E-state index contributed by atoms with van der Waals surface area (Å²) in [5.41, 5.74) is 2.37. The highest BCUT2D eigenvalue weighted by molar-refractivity contribution is 5.73. The number of carbonyl (C=O) groups is 1. The standard InChI is InChI=1S/C19H31N3O3/c1-15-6-7-18(16(2)12-15)25-10-5-8-22(4)19(23)20-13-17-14-21(3)9-11-24-17/h6-7,12,17H,5,8-11,13-14H2,1-4H3,(H,20,23). The van der Waals surface area contributed by atoms with Gasteiger partial charge in [-0.3, -0.25) is 0 Å². The first-order chi connectivity index (χ1) is 12.0. The van der Waals surface area contributed by atoms with Crippen LogP contribution < -0.4 is 10.1 Å².